The van der Waals surface area contributed by atoms with Crippen molar-refractivity contribution in [2.45, 2.75) is 38.8 Å². The molecule has 2 aromatic heterocycles. The molecule has 0 aliphatic rings. The lowest BCUT2D eigenvalue weighted by atomic mass is 10.1. The summed E-state index contributed by atoms with van der Waals surface area (Å²) < 4.78 is 2.71. The Balaban J connectivity index is 2.08. The van der Waals surface area contributed by atoms with Crippen molar-refractivity contribution in [3.8, 4) is 0 Å². The molecular formula is C14H18BrN3O. The molecule has 0 bridgehead atoms. The molecule has 102 valence electrons. The van der Waals surface area contributed by atoms with E-state index in [1.165, 1.54) is 0 Å². The number of pyridine rings is 1. The van der Waals surface area contributed by atoms with Gasteiger partial charge >= 0.3 is 0 Å². The van der Waals surface area contributed by atoms with Crippen molar-refractivity contribution in [3.63, 3.8) is 0 Å². The van der Waals surface area contributed by atoms with Crippen LogP contribution in [0.5, 0.6) is 0 Å². The molecule has 2 aromatic rings. The fourth-order valence-electron chi connectivity index (χ4n) is 2.04. The lowest BCUT2D eigenvalue weighted by molar-refractivity contribution is 0.153. The van der Waals surface area contributed by atoms with Crippen LogP contribution in [0.15, 0.2) is 35.1 Å². The second-order valence-electron chi connectivity index (χ2n) is 4.79. The van der Waals surface area contributed by atoms with Gasteiger partial charge in [0, 0.05) is 17.9 Å². The van der Waals surface area contributed by atoms with E-state index in [2.05, 4.69) is 39.9 Å². The topological polar surface area (TPSA) is 50.9 Å². The molecule has 0 radical (unpaired) electrons. The van der Waals surface area contributed by atoms with Crippen molar-refractivity contribution in [1.82, 2.24) is 14.8 Å². The summed E-state index contributed by atoms with van der Waals surface area (Å²) in [4.78, 5) is 4.27. The highest BCUT2D eigenvalue weighted by Crippen LogP contribution is 2.28. The van der Waals surface area contributed by atoms with Crippen LogP contribution in [0.3, 0.4) is 0 Å². The lowest BCUT2D eigenvalue weighted by Crippen LogP contribution is -2.12. The summed E-state index contributed by atoms with van der Waals surface area (Å²) in [5.74, 6) is 0. The third-order valence-electron chi connectivity index (χ3n) is 2.99. The Morgan fingerprint density at radius 3 is 2.79 bits per heavy atom. The van der Waals surface area contributed by atoms with Gasteiger partial charge in [0.25, 0.3) is 0 Å². The molecule has 1 unspecified atom stereocenters. The number of halogens is 1. The fourth-order valence-corrected chi connectivity index (χ4v) is 2.58. The summed E-state index contributed by atoms with van der Waals surface area (Å²) in [6.45, 7) is 4.10. The molecule has 1 atom stereocenters. The molecule has 0 fully saturated rings. The number of aliphatic hydroxyl groups is 1. The molecule has 2 heterocycles. The molecule has 0 saturated heterocycles. The van der Waals surface area contributed by atoms with Crippen LogP contribution in [0, 0.1) is 0 Å². The molecular weight excluding hydrogens is 306 g/mol. The van der Waals surface area contributed by atoms with Crippen molar-refractivity contribution in [2.75, 3.05) is 0 Å². The minimum atomic E-state index is -0.540. The Bertz CT molecular complexity index is 525. The van der Waals surface area contributed by atoms with Crippen molar-refractivity contribution < 1.29 is 5.11 Å². The van der Waals surface area contributed by atoms with Gasteiger partial charge in [-0.15, -0.1) is 0 Å². The third-order valence-corrected chi connectivity index (χ3v) is 3.60. The predicted molar refractivity (Wildman–Crippen MR) is 77.8 cm³/mol. The second-order valence-corrected chi connectivity index (χ2v) is 5.65. The highest BCUT2D eigenvalue weighted by molar-refractivity contribution is 9.10. The first-order valence-electron chi connectivity index (χ1n) is 6.40. The lowest BCUT2D eigenvalue weighted by Gasteiger charge is -2.16. The zero-order chi connectivity index (χ0) is 13.8. The number of nitrogens with zero attached hydrogens (tertiary/aromatic N) is 3. The Morgan fingerprint density at radius 1 is 1.37 bits per heavy atom. The zero-order valence-corrected chi connectivity index (χ0v) is 12.7. The number of rotatable bonds is 5. The van der Waals surface area contributed by atoms with Gasteiger partial charge in [-0.2, -0.15) is 5.10 Å². The minimum absolute atomic E-state index is 0.228. The maximum Gasteiger partial charge on any atom is 0.0972 e. The molecule has 1 N–H and O–H groups in total. The fraction of sp³-hybridized carbons (Fsp3) is 0.429. The Morgan fingerprint density at radius 2 is 2.16 bits per heavy atom. The van der Waals surface area contributed by atoms with E-state index in [1.54, 1.807) is 12.4 Å². The van der Waals surface area contributed by atoms with Crippen LogP contribution in [-0.4, -0.2) is 19.9 Å². The van der Waals surface area contributed by atoms with Gasteiger partial charge in [-0.25, -0.2) is 0 Å². The van der Waals surface area contributed by atoms with Crippen molar-refractivity contribution in [2.24, 2.45) is 0 Å². The number of hydrogen-bond donors (Lipinski definition) is 1. The van der Waals surface area contributed by atoms with Crippen LogP contribution >= 0.6 is 15.9 Å². The van der Waals surface area contributed by atoms with Crippen molar-refractivity contribution >= 4 is 15.9 Å². The summed E-state index contributed by atoms with van der Waals surface area (Å²) in [6, 6.07) is 6.06. The van der Waals surface area contributed by atoms with Gasteiger partial charge in [-0.1, -0.05) is 6.07 Å². The molecule has 0 aliphatic heterocycles. The molecule has 0 aromatic carbocycles. The monoisotopic (exact) mass is 323 g/mol. The number of aliphatic hydroxyl groups excluding tert-OH is 1. The van der Waals surface area contributed by atoms with Gasteiger partial charge in [0.05, 0.1) is 22.5 Å². The zero-order valence-electron chi connectivity index (χ0n) is 11.1. The second kappa shape index (κ2) is 6.30. The molecule has 0 aliphatic carbocycles. The van der Waals surface area contributed by atoms with Gasteiger partial charge in [-0.05, 0) is 54.8 Å². The first-order valence-corrected chi connectivity index (χ1v) is 7.19. The Labute approximate surface area is 121 Å². The molecule has 4 nitrogen and oxygen atoms in total. The van der Waals surface area contributed by atoms with Gasteiger partial charge in [0.2, 0.25) is 0 Å². The van der Waals surface area contributed by atoms with Gasteiger partial charge in [0.15, 0.2) is 0 Å². The maximum atomic E-state index is 10.4. The van der Waals surface area contributed by atoms with E-state index < -0.39 is 6.10 Å². The van der Waals surface area contributed by atoms with Gasteiger partial charge in [0.1, 0.15) is 0 Å². The van der Waals surface area contributed by atoms with Crippen LogP contribution < -0.4 is 0 Å². The summed E-state index contributed by atoms with van der Waals surface area (Å²) in [7, 11) is 0. The van der Waals surface area contributed by atoms with Crippen molar-refractivity contribution in [3.05, 3.63) is 46.5 Å². The van der Waals surface area contributed by atoms with Crippen LogP contribution in [0.1, 0.15) is 43.8 Å². The number of aryl methyl sites for hydroxylation is 1. The number of hydrogen-bond acceptors (Lipinski definition) is 3. The summed E-state index contributed by atoms with van der Waals surface area (Å²) in [5, 5.41) is 14.6. The van der Waals surface area contributed by atoms with Crippen molar-refractivity contribution in [1.29, 1.82) is 0 Å². The Kier molecular flexibility index (Phi) is 4.71. The maximum absolute atomic E-state index is 10.4. The molecule has 0 spiro atoms. The van der Waals surface area contributed by atoms with Gasteiger partial charge < -0.3 is 5.11 Å². The van der Waals surface area contributed by atoms with Crippen LogP contribution in [0.4, 0.5) is 0 Å². The summed E-state index contributed by atoms with van der Waals surface area (Å²) >= 11 is 3.45. The van der Waals surface area contributed by atoms with Crippen LogP contribution in [0.2, 0.25) is 0 Å². The first kappa shape index (κ1) is 14.2. The highest BCUT2D eigenvalue weighted by Gasteiger charge is 2.19. The van der Waals surface area contributed by atoms with Gasteiger partial charge in [-0.3, -0.25) is 9.67 Å². The molecule has 19 heavy (non-hydrogen) atoms. The van der Waals surface area contributed by atoms with E-state index in [9.17, 15) is 5.11 Å². The van der Waals surface area contributed by atoms with E-state index in [4.69, 9.17) is 0 Å². The average molecular weight is 324 g/mol. The third kappa shape index (κ3) is 3.42. The highest BCUT2D eigenvalue weighted by atomic mass is 79.9. The van der Waals surface area contributed by atoms with E-state index in [1.807, 2.05) is 22.9 Å². The summed E-state index contributed by atoms with van der Waals surface area (Å²) in [5.41, 5.74) is 1.83. The largest absolute Gasteiger partial charge is 0.387 e. The molecule has 2 rings (SSSR count). The molecule has 0 saturated carbocycles. The molecule has 0 amide bonds. The quantitative estimate of drug-likeness (QED) is 0.918. The van der Waals surface area contributed by atoms with E-state index in [0.717, 1.165) is 22.3 Å². The first-order chi connectivity index (χ1) is 9.09. The smallest absolute Gasteiger partial charge is 0.0972 e. The average Bonchev–Trinajstić information content (AvgIpc) is 2.79. The van der Waals surface area contributed by atoms with E-state index in [-0.39, 0.29) is 6.04 Å². The number of aromatic nitrogens is 3. The molecule has 5 heteroatoms. The predicted octanol–water partition coefficient (Wildman–Crippen LogP) is 3.29. The summed E-state index contributed by atoms with van der Waals surface area (Å²) in [6.07, 6.45) is 4.35. The SMILES string of the molecule is CC(C)n1ncc(Br)c1C(O)CCc1ccccn1. The Hall–Kier alpha value is -1.20. The normalized spacial score (nSPS) is 12.9. The van der Waals surface area contributed by atoms with E-state index in [0.29, 0.717) is 6.42 Å². The minimum Gasteiger partial charge on any atom is -0.387 e. The standard InChI is InChI=1S/C14H18BrN3O/c1-10(2)18-14(12(15)9-17-18)13(19)7-6-11-5-3-4-8-16-11/h3-5,8-10,13,19H,6-7H2,1-2H3. The van der Waals surface area contributed by atoms with Crippen LogP contribution in [-0.2, 0) is 6.42 Å². The van der Waals surface area contributed by atoms with E-state index >= 15 is 0 Å². The van der Waals surface area contributed by atoms with Crippen LogP contribution in [0.25, 0.3) is 0 Å².